The quantitative estimate of drug-likeness (QED) is 0.438. The molecule has 0 radical (unpaired) electrons. The zero-order chi connectivity index (χ0) is 23.8. The lowest BCUT2D eigenvalue weighted by molar-refractivity contribution is -0.122. The fourth-order valence-corrected chi connectivity index (χ4v) is 2.90. The molecule has 1 fully saturated rings. The molecule has 0 saturated heterocycles. The van der Waals surface area contributed by atoms with Crippen molar-refractivity contribution in [1.29, 1.82) is 5.26 Å². The third-order valence-corrected chi connectivity index (χ3v) is 5.39. The van der Waals surface area contributed by atoms with Crippen LogP contribution >= 0.6 is 0 Å². The van der Waals surface area contributed by atoms with E-state index in [4.69, 9.17) is 5.26 Å². The molecule has 1 heterocycles. The van der Waals surface area contributed by atoms with Crippen LogP contribution in [-0.2, 0) is 4.79 Å². The van der Waals surface area contributed by atoms with Crippen molar-refractivity contribution in [2.75, 3.05) is 24.2 Å². The molecule has 1 amide bonds. The molecule has 8 nitrogen and oxygen atoms in total. The van der Waals surface area contributed by atoms with Crippen LogP contribution in [0.15, 0.2) is 30.5 Å². The lowest BCUT2D eigenvalue weighted by Crippen LogP contribution is -2.41. The van der Waals surface area contributed by atoms with Crippen LogP contribution in [0.4, 0.5) is 17.5 Å². The van der Waals surface area contributed by atoms with Crippen molar-refractivity contribution in [2.45, 2.75) is 52.1 Å². The Labute approximate surface area is 195 Å². The normalized spacial score (nSPS) is 13.8. The Morgan fingerprint density at radius 1 is 1.27 bits per heavy atom. The molecule has 1 aromatic heterocycles. The zero-order valence-electron chi connectivity index (χ0n) is 19.6. The minimum absolute atomic E-state index is 0.0177. The fraction of sp³-hybridized carbons (Fsp3) is 0.440. The number of amides is 1. The standard InChI is InChI=1S/C25H31N7O/c1-17(27-4)23(33)28-14-13-25(2,3)12-11-19-16-29-24(32-22(19)30-20-9-10-20)31-21-7-5-18(15-26)6-8-21/h5-8,16-17,20,27H,9-10,13-14H2,1-4H3,(H,28,33)(H2,29,30,31,32)/t17-/m0/s1. The van der Waals surface area contributed by atoms with Gasteiger partial charge in [0, 0.05) is 23.7 Å². The van der Waals surface area contributed by atoms with E-state index in [1.54, 1.807) is 25.4 Å². The van der Waals surface area contributed by atoms with Gasteiger partial charge in [-0.05, 0) is 71.3 Å². The third kappa shape index (κ3) is 7.48. The molecule has 172 valence electrons. The highest BCUT2D eigenvalue weighted by molar-refractivity contribution is 5.81. The number of hydrogen-bond acceptors (Lipinski definition) is 7. The maximum Gasteiger partial charge on any atom is 0.236 e. The summed E-state index contributed by atoms with van der Waals surface area (Å²) in [4.78, 5) is 21.0. The van der Waals surface area contributed by atoms with E-state index in [0.717, 1.165) is 30.5 Å². The van der Waals surface area contributed by atoms with Crippen LogP contribution in [0.2, 0.25) is 0 Å². The summed E-state index contributed by atoms with van der Waals surface area (Å²) in [6.07, 6.45) is 4.69. The van der Waals surface area contributed by atoms with Gasteiger partial charge in [0.25, 0.3) is 0 Å². The van der Waals surface area contributed by atoms with Crippen molar-refractivity contribution in [2.24, 2.45) is 5.41 Å². The minimum atomic E-state index is -0.285. The van der Waals surface area contributed by atoms with Crippen molar-refractivity contribution < 1.29 is 4.79 Å². The Bertz CT molecular complexity index is 1070. The molecule has 4 N–H and O–H groups in total. The van der Waals surface area contributed by atoms with Crippen LogP contribution in [0.25, 0.3) is 0 Å². The number of aromatic nitrogens is 2. The summed E-state index contributed by atoms with van der Waals surface area (Å²) in [6, 6.07) is 9.44. The summed E-state index contributed by atoms with van der Waals surface area (Å²) in [5, 5.41) is 21.4. The molecule has 0 unspecified atom stereocenters. The van der Waals surface area contributed by atoms with E-state index in [1.165, 1.54) is 0 Å². The van der Waals surface area contributed by atoms with Gasteiger partial charge in [-0.15, -0.1) is 0 Å². The fourth-order valence-electron chi connectivity index (χ4n) is 2.90. The predicted octanol–water partition coefficient (Wildman–Crippen LogP) is 3.16. The molecule has 2 aromatic rings. The number of benzene rings is 1. The van der Waals surface area contributed by atoms with Gasteiger partial charge >= 0.3 is 0 Å². The number of carbonyl (C=O) groups is 1. The molecule has 0 aliphatic heterocycles. The van der Waals surface area contributed by atoms with Crippen molar-refractivity contribution in [3.8, 4) is 17.9 Å². The Morgan fingerprint density at radius 3 is 2.64 bits per heavy atom. The highest BCUT2D eigenvalue weighted by Crippen LogP contribution is 2.27. The first-order valence-electron chi connectivity index (χ1n) is 11.2. The Morgan fingerprint density at radius 2 is 2.00 bits per heavy atom. The number of likely N-dealkylation sites (N-methyl/N-ethyl adjacent to an activating group) is 1. The number of nitriles is 1. The number of nitrogens with zero attached hydrogens (tertiary/aromatic N) is 3. The molecule has 1 aromatic carbocycles. The first-order valence-corrected chi connectivity index (χ1v) is 11.2. The monoisotopic (exact) mass is 445 g/mol. The third-order valence-electron chi connectivity index (χ3n) is 5.39. The summed E-state index contributed by atoms with van der Waals surface area (Å²) in [5.41, 5.74) is 1.86. The summed E-state index contributed by atoms with van der Waals surface area (Å²) in [7, 11) is 1.76. The van der Waals surface area contributed by atoms with Gasteiger partial charge in [-0.3, -0.25) is 4.79 Å². The molecule has 1 saturated carbocycles. The summed E-state index contributed by atoms with van der Waals surface area (Å²) < 4.78 is 0. The largest absolute Gasteiger partial charge is 0.366 e. The first-order chi connectivity index (χ1) is 15.8. The average Bonchev–Trinajstić information content (AvgIpc) is 3.62. The van der Waals surface area contributed by atoms with Crippen LogP contribution in [0.3, 0.4) is 0 Å². The van der Waals surface area contributed by atoms with Crippen LogP contribution < -0.4 is 21.3 Å². The predicted molar refractivity (Wildman–Crippen MR) is 130 cm³/mol. The molecule has 0 spiro atoms. The number of anilines is 3. The van der Waals surface area contributed by atoms with E-state index in [9.17, 15) is 4.79 Å². The topological polar surface area (TPSA) is 115 Å². The van der Waals surface area contributed by atoms with Crippen LogP contribution in [0, 0.1) is 28.6 Å². The van der Waals surface area contributed by atoms with Gasteiger partial charge in [0.2, 0.25) is 11.9 Å². The number of nitrogens with one attached hydrogen (secondary N) is 4. The van der Waals surface area contributed by atoms with Crippen molar-refractivity contribution >= 4 is 23.4 Å². The van der Waals surface area contributed by atoms with E-state index in [0.29, 0.717) is 29.9 Å². The van der Waals surface area contributed by atoms with Crippen molar-refractivity contribution in [3.63, 3.8) is 0 Å². The van der Waals surface area contributed by atoms with Gasteiger partial charge in [-0.25, -0.2) is 4.98 Å². The average molecular weight is 446 g/mol. The molecule has 1 atom stereocenters. The molecule has 33 heavy (non-hydrogen) atoms. The Hall–Kier alpha value is -3.62. The van der Waals surface area contributed by atoms with Crippen LogP contribution in [0.1, 0.15) is 51.2 Å². The lowest BCUT2D eigenvalue weighted by atomic mass is 9.90. The maximum absolute atomic E-state index is 11.9. The minimum Gasteiger partial charge on any atom is -0.366 e. The molecular formula is C25H31N7O. The molecule has 1 aliphatic carbocycles. The smallest absolute Gasteiger partial charge is 0.236 e. The summed E-state index contributed by atoms with van der Waals surface area (Å²) >= 11 is 0. The highest BCUT2D eigenvalue weighted by Gasteiger charge is 2.23. The maximum atomic E-state index is 11.9. The van der Waals surface area contributed by atoms with E-state index in [1.807, 2.05) is 19.1 Å². The second-order valence-corrected chi connectivity index (χ2v) is 8.87. The van der Waals surface area contributed by atoms with Gasteiger partial charge in [0.1, 0.15) is 5.82 Å². The second kappa shape index (κ2) is 10.8. The SMILES string of the molecule is CN[C@@H](C)C(=O)NCCC(C)(C)C#Cc1cnc(Nc2ccc(C#N)cc2)nc1NC1CC1. The summed E-state index contributed by atoms with van der Waals surface area (Å²) in [6.45, 7) is 6.50. The van der Waals surface area contributed by atoms with Crippen molar-refractivity contribution in [3.05, 3.63) is 41.6 Å². The number of hydrogen-bond donors (Lipinski definition) is 4. The Balaban J connectivity index is 1.69. The zero-order valence-corrected chi connectivity index (χ0v) is 19.6. The molecule has 1 aliphatic rings. The highest BCUT2D eigenvalue weighted by atomic mass is 16.2. The van der Waals surface area contributed by atoms with Crippen molar-refractivity contribution in [1.82, 2.24) is 20.6 Å². The molecular weight excluding hydrogens is 414 g/mol. The summed E-state index contributed by atoms with van der Waals surface area (Å²) in [5.74, 6) is 7.72. The van der Waals surface area contributed by atoms with E-state index in [2.05, 4.69) is 63.0 Å². The van der Waals surface area contributed by atoms with Gasteiger partial charge < -0.3 is 21.3 Å². The van der Waals surface area contributed by atoms with E-state index >= 15 is 0 Å². The van der Waals surface area contributed by atoms with Gasteiger partial charge in [-0.2, -0.15) is 10.2 Å². The van der Waals surface area contributed by atoms with Gasteiger partial charge in [-0.1, -0.05) is 11.8 Å². The van der Waals surface area contributed by atoms with E-state index in [-0.39, 0.29) is 17.4 Å². The number of rotatable bonds is 9. The van der Waals surface area contributed by atoms with E-state index < -0.39 is 0 Å². The van der Waals surface area contributed by atoms with Gasteiger partial charge in [0.05, 0.1) is 29.4 Å². The van der Waals surface area contributed by atoms with Crippen LogP contribution in [0.5, 0.6) is 0 Å². The molecule has 3 rings (SSSR count). The van der Waals surface area contributed by atoms with Crippen LogP contribution in [-0.4, -0.2) is 41.6 Å². The molecule has 8 heteroatoms. The number of carbonyl (C=O) groups excluding carboxylic acids is 1. The van der Waals surface area contributed by atoms with Gasteiger partial charge in [0.15, 0.2) is 0 Å². The lowest BCUT2D eigenvalue weighted by Gasteiger charge is -2.19. The molecule has 0 bridgehead atoms. The Kier molecular flexibility index (Phi) is 7.87. The second-order valence-electron chi connectivity index (χ2n) is 8.87. The first kappa shape index (κ1) is 24.0.